The van der Waals surface area contributed by atoms with Crippen LogP contribution in [-0.4, -0.2) is 59.8 Å². The van der Waals surface area contributed by atoms with Crippen LogP contribution in [-0.2, 0) is 7.05 Å². The van der Waals surface area contributed by atoms with Crippen LogP contribution in [0.15, 0.2) is 48.8 Å². The molecule has 34 heavy (non-hydrogen) atoms. The Hall–Kier alpha value is -3.78. The molecule has 1 fully saturated rings. The summed E-state index contributed by atoms with van der Waals surface area (Å²) in [5.74, 6) is 1.20. The smallest absolute Gasteiger partial charge is 0.227 e. The van der Waals surface area contributed by atoms with Gasteiger partial charge in [0, 0.05) is 61.1 Å². The molecule has 0 amide bonds. The molecule has 1 aliphatic heterocycles. The number of nitrogens with two attached hydrogens (primary N) is 1. The number of para-hydroxylation sites is 1. The number of hydrogen-bond donors (Lipinski definition) is 2. The number of nitrogens with one attached hydrogen (secondary N) is 1. The van der Waals surface area contributed by atoms with Crippen molar-refractivity contribution >= 4 is 33.9 Å². The van der Waals surface area contributed by atoms with Gasteiger partial charge in [-0.1, -0.05) is 18.2 Å². The largest absolute Gasteiger partial charge is 0.494 e. The van der Waals surface area contributed by atoms with Crippen molar-refractivity contribution in [1.29, 1.82) is 0 Å². The first-order chi connectivity index (χ1) is 16.4. The molecule has 0 unspecified atom stereocenters. The molecular weight excluding hydrogens is 426 g/mol. The molecule has 2 aromatic heterocycles. The van der Waals surface area contributed by atoms with Crippen molar-refractivity contribution < 1.29 is 4.74 Å². The highest BCUT2D eigenvalue weighted by atomic mass is 16.5. The van der Waals surface area contributed by atoms with Crippen LogP contribution in [0, 0.1) is 6.92 Å². The van der Waals surface area contributed by atoms with Gasteiger partial charge >= 0.3 is 0 Å². The van der Waals surface area contributed by atoms with Gasteiger partial charge < -0.3 is 30.2 Å². The first-order valence-electron chi connectivity index (χ1n) is 11.4. The Morgan fingerprint density at radius 2 is 1.94 bits per heavy atom. The van der Waals surface area contributed by atoms with Gasteiger partial charge in [0.25, 0.3) is 0 Å². The second kappa shape index (κ2) is 8.53. The van der Waals surface area contributed by atoms with Gasteiger partial charge in [-0.3, -0.25) is 0 Å². The minimum Gasteiger partial charge on any atom is -0.494 e. The Morgan fingerprint density at radius 3 is 2.68 bits per heavy atom. The SMILES string of the molecule is COc1cc(N2CC(N(C)C)C2)c(N)cc1Nc1ncc(C)c(-c2cn(C)c3ccccc23)n1. The van der Waals surface area contributed by atoms with Crippen LogP contribution in [0.5, 0.6) is 5.75 Å². The van der Waals surface area contributed by atoms with Crippen LogP contribution in [0.25, 0.3) is 22.2 Å². The number of anilines is 4. The van der Waals surface area contributed by atoms with Crippen molar-refractivity contribution in [2.75, 3.05) is 50.2 Å². The Labute approximate surface area is 200 Å². The van der Waals surface area contributed by atoms with Crippen molar-refractivity contribution in [2.24, 2.45) is 7.05 Å². The highest BCUT2D eigenvalue weighted by Gasteiger charge is 2.30. The number of ether oxygens (including phenoxy) is 1. The van der Waals surface area contributed by atoms with E-state index in [4.69, 9.17) is 15.5 Å². The van der Waals surface area contributed by atoms with Crippen LogP contribution in [0.4, 0.5) is 23.0 Å². The topological polar surface area (TPSA) is 84.5 Å². The van der Waals surface area contributed by atoms with E-state index in [0.717, 1.165) is 52.2 Å². The highest BCUT2D eigenvalue weighted by Crippen LogP contribution is 2.39. The van der Waals surface area contributed by atoms with E-state index in [0.29, 0.717) is 23.4 Å². The molecular formula is C26H31N7O. The number of aromatic nitrogens is 3. The molecule has 3 N–H and O–H groups in total. The molecule has 0 aliphatic carbocycles. The van der Waals surface area contributed by atoms with E-state index in [1.54, 1.807) is 7.11 Å². The average molecular weight is 458 g/mol. The van der Waals surface area contributed by atoms with Crippen molar-refractivity contribution in [1.82, 2.24) is 19.4 Å². The molecule has 2 aromatic carbocycles. The third-order valence-electron chi connectivity index (χ3n) is 6.65. The number of nitrogens with zero attached hydrogens (tertiary/aromatic N) is 5. The summed E-state index contributed by atoms with van der Waals surface area (Å²) in [5, 5.41) is 4.49. The van der Waals surface area contributed by atoms with E-state index in [1.165, 1.54) is 0 Å². The first kappa shape index (κ1) is 22.0. The lowest BCUT2D eigenvalue weighted by Gasteiger charge is -2.44. The summed E-state index contributed by atoms with van der Waals surface area (Å²) in [6.07, 6.45) is 3.96. The van der Waals surface area contributed by atoms with Gasteiger partial charge in [0.15, 0.2) is 0 Å². The molecule has 1 aliphatic rings. The van der Waals surface area contributed by atoms with Crippen LogP contribution >= 0.6 is 0 Å². The Kier molecular flexibility index (Phi) is 5.53. The van der Waals surface area contributed by atoms with Crippen molar-refractivity contribution in [3.05, 3.63) is 54.4 Å². The maximum Gasteiger partial charge on any atom is 0.227 e. The minimum atomic E-state index is 0.496. The molecule has 0 bridgehead atoms. The highest BCUT2D eigenvalue weighted by molar-refractivity contribution is 5.96. The molecule has 8 heteroatoms. The van der Waals surface area contributed by atoms with Crippen LogP contribution in [0.2, 0.25) is 0 Å². The summed E-state index contributed by atoms with van der Waals surface area (Å²) >= 11 is 0. The van der Waals surface area contributed by atoms with Gasteiger partial charge in [-0.2, -0.15) is 0 Å². The lowest BCUT2D eigenvalue weighted by molar-refractivity contribution is 0.247. The molecule has 0 spiro atoms. The summed E-state index contributed by atoms with van der Waals surface area (Å²) in [5.41, 5.74) is 13.0. The molecule has 5 rings (SSSR count). The van der Waals surface area contributed by atoms with Gasteiger partial charge in [-0.15, -0.1) is 0 Å². The molecule has 0 atom stereocenters. The summed E-state index contributed by atoms with van der Waals surface area (Å²) in [6.45, 7) is 3.92. The summed E-state index contributed by atoms with van der Waals surface area (Å²) in [4.78, 5) is 13.9. The quantitative estimate of drug-likeness (QED) is 0.423. The maximum atomic E-state index is 6.45. The van der Waals surface area contributed by atoms with E-state index in [1.807, 2.05) is 31.3 Å². The number of rotatable bonds is 6. The van der Waals surface area contributed by atoms with E-state index >= 15 is 0 Å². The molecule has 1 saturated heterocycles. The monoisotopic (exact) mass is 457 g/mol. The Morgan fingerprint density at radius 1 is 1.18 bits per heavy atom. The number of methoxy groups -OCH3 is 1. The lowest BCUT2D eigenvalue weighted by Crippen LogP contribution is -2.57. The van der Waals surface area contributed by atoms with Crippen molar-refractivity contribution in [3.8, 4) is 17.0 Å². The molecule has 0 radical (unpaired) electrons. The predicted molar refractivity (Wildman–Crippen MR) is 139 cm³/mol. The predicted octanol–water partition coefficient (Wildman–Crippen LogP) is 4.03. The van der Waals surface area contributed by atoms with Gasteiger partial charge in [-0.25, -0.2) is 9.97 Å². The molecule has 3 heterocycles. The third-order valence-corrected chi connectivity index (χ3v) is 6.65. The van der Waals surface area contributed by atoms with Gasteiger partial charge in [0.2, 0.25) is 5.95 Å². The second-order valence-electron chi connectivity index (χ2n) is 9.15. The molecule has 176 valence electrons. The zero-order valence-corrected chi connectivity index (χ0v) is 20.3. The number of hydrogen-bond acceptors (Lipinski definition) is 7. The third kappa shape index (κ3) is 3.80. The van der Waals surface area contributed by atoms with E-state index in [2.05, 4.69) is 70.2 Å². The number of benzene rings is 2. The fourth-order valence-electron chi connectivity index (χ4n) is 4.53. The average Bonchev–Trinajstić information content (AvgIpc) is 3.12. The normalized spacial score (nSPS) is 14.0. The first-order valence-corrected chi connectivity index (χ1v) is 11.4. The molecule has 8 nitrogen and oxygen atoms in total. The van der Waals surface area contributed by atoms with E-state index < -0.39 is 0 Å². The minimum absolute atomic E-state index is 0.496. The zero-order valence-electron chi connectivity index (χ0n) is 20.3. The van der Waals surface area contributed by atoms with Gasteiger partial charge in [-0.05, 0) is 38.7 Å². The standard InChI is InChI=1S/C26H31N7O/c1-16-12-28-26(30-25(16)19-15-32(4)22-9-7-6-8-18(19)22)29-21-10-20(27)23(11-24(21)34-5)33-13-17(14-33)31(2)3/h6-12,15,17H,13-14,27H2,1-5H3,(H,28,29,30). The molecule has 4 aromatic rings. The second-order valence-corrected chi connectivity index (χ2v) is 9.15. The fraction of sp³-hybridized carbons (Fsp3) is 0.308. The van der Waals surface area contributed by atoms with Crippen molar-refractivity contribution in [3.63, 3.8) is 0 Å². The van der Waals surface area contributed by atoms with E-state index in [-0.39, 0.29) is 0 Å². The van der Waals surface area contributed by atoms with Crippen LogP contribution < -0.4 is 20.7 Å². The Balaban J connectivity index is 1.46. The summed E-state index contributed by atoms with van der Waals surface area (Å²) in [7, 11) is 7.92. The Bertz CT molecular complexity index is 1360. The number of likely N-dealkylation sites (N-methyl/N-ethyl adjacent to an activating group) is 1. The van der Waals surface area contributed by atoms with Gasteiger partial charge in [0.05, 0.1) is 29.9 Å². The van der Waals surface area contributed by atoms with E-state index in [9.17, 15) is 0 Å². The van der Waals surface area contributed by atoms with Crippen LogP contribution in [0.1, 0.15) is 5.56 Å². The lowest BCUT2D eigenvalue weighted by atomic mass is 10.1. The number of aryl methyl sites for hydroxylation is 2. The number of nitrogen functional groups attached to an aromatic ring is 1. The zero-order chi connectivity index (χ0) is 24.0. The summed E-state index contributed by atoms with van der Waals surface area (Å²) in [6, 6.07) is 12.8. The maximum absolute atomic E-state index is 6.45. The summed E-state index contributed by atoms with van der Waals surface area (Å²) < 4.78 is 7.82. The van der Waals surface area contributed by atoms with Crippen molar-refractivity contribution in [2.45, 2.75) is 13.0 Å². The van der Waals surface area contributed by atoms with Crippen LogP contribution in [0.3, 0.4) is 0 Å². The number of fused-ring (bicyclic) bond motifs is 1. The fourth-order valence-corrected chi connectivity index (χ4v) is 4.53. The van der Waals surface area contributed by atoms with Gasteiger partial charge in [0.1, 0.15) is 5.75 Å². The molecule has 0 saturated carbocycles.